The van der Waals surface area contributed by atoms with E-state index in [1.807, 2.05) is 0 Å². The van der Waals surface area contributed by atoms with Gasteiger partial charge in [-0.3, -0.25) is 4.79 Å². The molecular formula is C30H38O6. The van der Waals surface area contributed by atoms with E-state index >= 15 is 0 Å². The van der Waals surface area contributed by atoms with E-state index in [-0.39, 0.29) is 64.8 Å². The number of carbonyl (C=O) groups excluding carboxylic acids is 2. The number of carbonyl (C=O) groups is 2. The van der Waals surface area contributed by atoms with Crippen molar-refractivity contribution >= 4 is 11.9 Å². The van der Waals surface area contributed by atoms with Crippen LogP contribution < -0.4 is 0 Å². The predicted molar refractivity (Wildman–Crippen MR) is 130 cm³/mol. The number of allylic oxidation sites excluding steroid dienone is 2. The lowest BCUT2D eigenvalue weighted by atomic mass is 9.53. The Kier molecular flexibility index (Phi) is 4.02. The van der Waals surface area contributed by atoms with Crippen molar-refractivity contribution in [2.75, 3.05) is 0 Å². The summed E-state index contributed by atoms with van der Waals surface area (Å²) in [6, 6.07) is 0. The fraction of sp³-hybridized carbons (Fsp3) is 0.800. The Morgan fingerprint density at radius 3 is 2.50 bits per heavy atom. The fourth-order valence-electron chi connectivity index (χ4n) is 10.3. The van der Waals surface area contributed by atoms with Crippen LogP contribution in [0.3, 0.4) is 0 Å². The molecule has 0 radical (unpaired) electrons. The summed E-state index contributed by atoms with van der Waals surface area (Å²) in [4.78, 5) is 26.6. The number of esters is 2. The molecule has 2 saturated carbocycles. The van der Waals surface area contributed by atoms with E-state index in [0.29, 0.717) is 17.4 Å². The van der Waals surface area contributed by atoms with E-state index in [1.54, 1.807) is 5.57 Å². The molecule has 4 aliphatic heterocycles. The number of hydrogen-bond donors (Lipinski definition) is 0. The van der Waals surface area contributed by atoms with E-state index in [4.69, 9.17) is 18.9 Å². The van der Waals surface area contributed by atoms with Gasteiger partial charge in [0.2, 0.25) is 0 Å². The van der Waals surface area contributed by atoms with Gasteiger partial charge in [-0.1, -0.05) is 31.6 Å². The minimum absolute atomic E-state index is 0.00229. The van der Waals surface area contributed by atoms with Gasteiger partial charge >= 0.3 is 11.9 Å². The van der Waals surface area contributed by atoms with E-state index in [0.717, 1.165) is 51.4 Å². The minimum Gasteiger partial charge on any atom is -0.461 e. The Bertz CT molecular complexity index is 1160. The zero-order valence-electron chi connectivity index (χ0n) is 21.9. The van der Waals surface area contributed by atoms with Crippen LogP contribution in [-0.2, 0) is 28.5 Å². The van der Waals surface area contributed by atoms with E-state index in [9.17, 15) is 9.59 Å². The minimum atomic E-state index is -0.529. The monoisotopic (exact) mass is 494 g/mol. The smallest absolute Gasteiger partial charge is 0.334 e. The molecule has 194 valence electrons. The standard InChI is InChI=1S/C30H38O6/c1-14-8-20-17(15(2)25(31)33-20)9-19-24(14)16-11-27(19,3)30(12-16)18-10-23-28(4,36-23)7-6-22-29(5,35-22)13-21(18)34-26(30)32/h14,16-18,20-23H,2,6-13H2,1,3-5H3/t14-,16+,17+,18-,20-,21-,22+,23+,27+,28+,29+,30+/m0/s1. The SMILES string of the molecule is C=C1C(=O)O[C@H]2C[C@H](C)C3=C(C[C@H]12)[C@@]1(C)C[C@@H]3C[C@@]12C(=O)O[C@H]1C[C@@]3(C)O[C@@H]3CC[C@@]3(C)O[C@@H]3C[C@@H]12. The molecule has 0 aromatic rings. The van der Waals surface area contributed by atoms with Crippen molar-refractivity contribution in [3.63, 3.8) is 0 Å². The van der Waals surface area contributed by atoms with Crippen molar-refractivity contribution < 1.29 is 28.5 Å². The molecule has 4 heterocycles. The summed E-state index contributed by atoms with van der Waals surface area (Å²) in [5.41, 5.74) is 2.48. The summed E-state index contributed by atoms with van der Waals surface area (Å²) >= 11 is 0. The molecule has 1 spiro atoms. The highest BCUT2D eigenvalue weighted by Crippen LogP contribution is 2.75. The maximum atomic E-state index is 14.1. The van der Waals surface area contributed by atoms with Crippen LogP contribution in [0.4, 0.5) is 0 Å². The second kappa shape index (κ2) is 6.48. The molecule has 4 saturated heterocycles. The van der Waals surface area contributed by atoms with Crippen molar-refractivity contribution in [3.05, 3.63) is 23.3 Å². The molecule has 6 fully saturated rings. The van der Waals surface area contributed by atoms with E-state index in [2.05, 4.69) is 34.3 Å². The molecule has 0 aromatic carbocycles. The number of hydrogen-bond acceptors (Lipinski definition) is 6. The number of ether oxygens (including phenoxy) is 4. The first-order chi connectivity index (χ1) is 17.0. The Hall–Kier alpha value is -1.66. The summed E-state index contributed by atoms with van der Waals surface area (Å²) in [6.45, 7) is 13.2. The lowest BCUT2D eigenvalue weighted by Crippen LogP contribution is -2.48. The van der Waals surface area contributed by atoms with Gasteiger partial charge in [-0.05, 0) is 70.6 Å². The molecule has 12 atom stereocenters. The van der Waals surface area contributed by atoms with Crippen LogP contribution in [0.5, 0.6) is 0 Å². The zero-order valence-corrected chi connectivity index (χ0v) is 21.9. The first-order valence-electron chi connectivity index (χ1n) is 14.2. The van der Waals surface area contributed by atoms with Gasteiger partial charge in [0.1, 0.15) is 12.2 Å². The third kappa shape index (κ3) is 2.52. The fourth-order valence-corrected chi connectivity index (χ4v) is 10.3. The van der Waals surface area contributed by atoms with Gasteiger partial charge in [-0.2, -0.15) is 0 Å². The van der Waals surface area contributed by atoms with Gasteiger partial charge < -0.3 is 18.9 Å². The van der Waals surface area contributed by atoms with Crippen molar-refractivity contribution in [3.8, 4) is 0 Å². The average molecular weight is 495 g/mol. The lowest BCUT2D eigenvalue weighted by molar-refractivity contribution is -0.153. The first kappa shape index (κ1) is 22.3. The molecule has 6 heteroatoms. The summed E-state index contributed by atoms with van der Waals surface area (Å²) in [6.07, 6.45) is 7.45. The van der Waals surface area contributed by atoms with Gasteiger partial charge in [0, 0.05) is 29.2 Å². The highest BCUT2D eigenvalue weighted by atomic mass is 16.6. The molecule has 8 aliphatic rings. The van der Waals surface area contributed by atoms with Crippen LogP contribution in [-0.4, -0.2) is 47.6 Å². The number of fused-ring (bicyclic) bond motifs is 10. The van der Waals surface area contributed by atoms with Crippen LogP contribution in [0, 0.1) is 34.5 Å². The summed E-state index contributed by atoms with van der Waals surface area (Å²) in [5.74, 6) is 0.658. The molecule has 0 N–H and O–H groups in total. The second-order valence-electron chi connectivity index (χ2n) is 14.1. The van der Waals surface area contributed by atoms with E-state index < -0.39 is 5.41 Å². The maximum absolute atomic E-state index is 14.1. The predicted octanol–water partition coefficient (Wildman–Crippen LogP) is 4.66. The quantitative estimate of drug-likeness (QED) is 0.211. The second-order valence-corrected chi connectivity index (χ2v) is 14.1. The van der Waals surface area contributed by atoms with Gasteiger partial charge in [0.05, 0.1) is 28.8 Å². The highest BCUT2D eigenvalue weighted by molar-refractivity contribution is 5.91. The van der Waals surface area contributed by atoms with Gasteiger partial charge in [0.15, 0.2) is 0 Å². The number of epoxide rings is 2. The molecule has 4 aliphatic carbocycles. The van der Waals surface area contributed by atoms with Crippen molar-refractivity contribution in [2.24, 2.45) is 34.5 Å². The molecule has 0 amide bonds. The van der Waals surface area contributed by atoms with Gasteiger partial charge in [-0.15, -0.1) is 0 Å². The van der Waals surface area contributed by atoms with Crippen LogP contribution in [0.15, 0.2) is 23.3 Å². The van der Waals surface area contributed by atoms with Crippen molar-refractivity contribution in [1.29, 1.82) is 0 Å². The lowest BCUT2D eigenvalue weighted by Gasteiger charge is -2.46. The number of rotatable bonds is 0. The Balaban J connectivity index is 1.21. The molecule has 0 aromatic heterocycles. The normalized spacial score (nSPS) is 58.4. The maximum Gasteiger partial charge on any atom is 0.334 e. The van der Waals surface area contributed by atoms with Crippen LogP contribution >= 0.6 is 0 Å². The Morgan fingerprint density at radius 2 is 1.69 bits per heavy atom. The average Bonchev–Trinajstić information content (AvgIpc) is 3.49. The van der Waals surface area contributed by atoms with Crippen molar-refractivity contribution in [1.82, 2.24) is 0 Å². The Labute approximate surface area is 213 Å². The van der Waals surface area contributed by atoms with Crippen LogP contribution in [0.2, 0.25) is 0 Å². The van der Waals surface area contributed by atoms with Crippen molar-refractivity contribution in [2.45, 2.75) is 115 Å². The molecule has 6 nitrogen and oxygen atoms in total. The highest BCUT2D eigenvalue weighted by Gasteiger charge is 2.76. The van der Waals surface area contributed by atoms with Crippen LogP contribution in [0.1, 0.15) is 79.1 Å². The zero-order chi connectivity index (χ0) is 25.0. The molecule has 0 unspecified atom stereocenters. The molecule has 8 rings (SSSR count). The Morgan fingerprint density at radius 1 is 0.917 bits per heavy atom. The van der Waals surface area contributed by atoms with Crippen LogP contribution in [0.25, 0.3) is 0 Å². The first-order valence-corrected chi connectivity index (χ1v) is 14.2. The third-order valence-electron chi connectivity index (χ3n) is 12.4. The topological polar surface area (TPSA) is 77.7 Å². The summed E-state index contributed by atoms with van der Waals surface area (Å²) < 4.78 is 24.7. The van der Waals surface area contributed by atoms with Gasteiger partial charge in [0.25, 0.3) is 0 Å². The largest absolute Gasteiger partial charge is 0.461 e. The summed E-state index contributed by atoms with van der Waals surface area (Å²) in [7, 11) is 0. The molecule has 36 heavy (non-hydrogen) atoms. The van der Waals surface area contributed by atoms with Gasteiger partial charge in [-0.25, -0.2) is 4.79 Å². The molecule has 2 bridgehead atoms. The summed E-state index contributed by atoms with van der Waals surface area (Å²) in [5, 5.41) is 0. The molecular weight excluding hydrogens is 456 g/mol. The van der Waals surface area contributed by atoms with E-state index in [1.165, 1.54) is 5.57 Å². The third-order valence-corrected chi connectivity index (χ3v) is 12.4.